The van der Waals surface area contributed by atoms with Gasteiger partial charge >= 0.3 is 0 Å². The maximum absolute atomic E-state index is 13.4. The average Bonchev–Trinajstić information content (AvgIpc) is 2.38. The van der Waals surface area contributed by atoms with E-state index in [0.717, 1.165) is 5.56 Å². The molecule has 1 nitrogen and oxygen atoms in total. The van der Waals surface area contributed by atoms with Crippen molar-refractivity contribution in [1.82, 2.24) is 0 Å². The van der Waals surface area contributed by atoms with Gasteiger partial charge in [0.15, 0.2) is 0 Å². The largest absolute Gasteiger partial charge is 0.388 e. The predicted molar refractivity (Wildman–Crippen MR) is 73.9 cm³/mol. The van der Waals surface area contributed by atoms with Crippen LogP contribution in [0, 0.1) is 18.6 Å². The first-order valence-electron chi connectivity index (χ1n) is 5.86. The molecule has 1 N–H and O–H groups in total. The number of hydrogen-bond acceptors (Lipinski definition) is 1. The Morgan fingerprint density at radius 2 is 1.95 bits per heavy atom. The Balaban J connectivity index is 2.28. The van der Waals surface area contributed by atoms with Crippen molar-refractivity contribution in [3.63, 3.8) is 0 Å². The van der Waals surface area contributed by atoms with Crippen LogP contribution in [0.1, 0.15) is 22.8 Å². The van der Waals surface area contributed by atoms with E-state index in [1.54, 1.807) is 25.1 Å². The molecule has 0 saturated carbocycles. The van der Waals surface area contributed by atoms with E-state index in [0.29, 0.717) is 15.6 Å². The zero-order valence-corrected chi connectivity index (χ0v) is 11.9. The van der Waals surface area contributed by atoms with Gasteiger partial charge in [-0.25, -0.2) is 8.78 Å². The van der Waals surface area contributed by atoms with Crippen LogP contribution in [0.4, 0.5) is 8.78 Å². The minimum atomic E-state index is -0.867. The van der Waals surface area contributed by atoms with Crippen LogP contribution in [0.3, 0.4) is 0 Å². The predicted octanol–water partition coefficient (Wildman–Crippen LogP) is 4.31. The number of halogens is 3. The lowest BCUT2D eigenvalue weighted by Gasteiger charge is -2.15. The van der Waals surface area contributed by atoms with Gasteiger partial charge in [-0.05, 0) is 57.7 Å². The molecule has 4 heteroatoms. The molecule has 0 aliphatic heterocycles. The molecule has 1 unspecified atom stereocenters. The first-order valence-corrected chi connectivity index (χ1v) is 6.65. The smallest absolute Gasteiger partial charge is 0.137 e. The lowest BCUT2D eigenvalue weighted by atomic mass is 9.97. The summed E-state index contributed by atoms with van der Waals surface area (Å²) >= 11 is 3.15. The molecule has 0 saturated heterocycles. The summed E-state index contributed by atoms with van der Waals surface area (Å²) in [5.74, 6) is -0.765. The second-order valence-electron chi connectivity index (χ2n) is 4.43. The summed E-state index contributed by atoms with van der Waals surface area (Å²) in [7, 11) is 0. The summed E-state index contributed by atoms with van der Waals surface area (Å²) < 4.78 is 26.9. The molecular formula is C15H13BrF2O. The molecule has 0 fully saturated rings. The van der Waals surface area contributed by atoms with E-state index in [1.165, 1.54) is 18.2 Å². The Kier molecular flexibility index (Phi) is 4.32. The molecule has 19 heavy (non-hydrogen) atoms. The highest BCUT2D eigenvalue weighted by Crippen LogP contribution is 2.27. The van der Waals surface area contributed by atoms with Gasteiger partial charge in [0.05, 0.1) is 10.6 Å². The van der Waals surface area contributed by atoms with E-state index in [9.17, 15) is 13.9 Å². The van der Waals surface area contributed by atoms with E-state index >= 15 is 0 Å². The van der Waals surface area contributed by atoms with Gasteiger partial charge in [-0.1, -0.05) is 18.2 Å². The normalized spacial score (nSPS) is 12.5. The van der Waals surface area contributed by atoms with Gasteiger partial charge in [0.25, 0.3) is 0 Å². The molecule has 100 valence electrons. The van der Waals surface area contributed by atoms with Crippen molar-refractivity contribution in [3.05, 3.63) is 69.2 Å². The van der Waals surface area contributed by atoms with Gasteiger partial charge in [0, 0.05) is 6.42 Å². The Morgan fingerprint density at radius 1 is 1.21 bits per heavy atom. The van der Waals surface area contributed by atoms with Gasteiger partial charge in [-0.3, -0.25) is 0 Å². The zero-order chi connectivity index (χ0) is 14.0. The van der Waals surface area contributed by atoms with Crippen molar-refractivity contribution in [2.24, 2.45) is 0 Å². The first kappa shape index (κ1) is 14.2. The van der Waals surface area contributed by atoms with Gasteiger partial charge < -0.3 is 5.11 Å². The molecule has 0 radical (unpaired) electrons. The highest BCUT2D eigenvalue weighted by molar-refractivity contribution is 9.10. The Hall–Kier alpha value is -1.26. The average molecular weight is 327 g/mol. The highest BCUT2D eigenvalue weighted by Gasteiger charge is 2.15. The van der Waals surface area contributed by atoms with Crippen molar-refractivity contribution >= 4 is 15.9 Å². The van der Waals surface area contributed by atoms with Crippen molar-refractivity contribution in [1.29, 1.82) is 0 Å². The molecule has 2 aromatic rings. The van der Waals surface area contributed by atoms with Crippen LogP contribution < -0.4 is 0 Å². The van der Waals surface area contributed by atoms with Crippen LogP contribution >= 0.6 is 15.9 Å². The summed E-state index contributed by atoms with van der Waals surface area (Å²) in [5, 5.41) is 10.2. The molecule has 1 atom stereocenters. The molecule has 2 rings (SSSR count). The Labute approximate surface area is 119 Å². The lowest BCUT2D eigenvalue weighted by Crippen LogP contribution is -2.05. The van der Waals surface area contributed by atoms with Crippen LogP contribution in [0.2, 0.25) is 0 Å². The molecule has 0 aliphatic rings. The van der Waals surface area contributed by atoms with Gasteiger partial charge in [-0.2, -0.15) is 0 Å². The third kappa shape index (κ3) is 3.19. The molecule has 0 aliphatic carbocycles. The van der Waals surface area contributed by atoms with E-state index < -0.39 is 11.9 Å². The van der Waals surface area contributed by atoms with Crippen molar-refractivity contribution < 1.29 is 13.9 Å². The summed E-state index contributed by atoms with van der Waals surface area (Å²) in [6.07, 6.45) is -0.642. The summed E-state index contributed by atoms with van der Waals surface area (Å²) in [6.45, 7) is 1.80. The second kappa shape index (κ2) is 5.80. The second-order valence-corrected chi connectivity index (χ2v) is 5.23. The highest BCUT2D eigenvalue weighted by atomic mass is 79.9. The lowest BCUT2D eigenvalue weighted by molar-refractivity contribution is 0.177. The third-order valence-electron chi connectivity index (χ3n) is 3.05. The van der Waals surface area contributed by atoms with Crippen LogP contribution in [-0.4, -0.2) is 5.11 Å². The number of hydrogen-bond donors (Lipinski definition) is 1. The number of aliphatic hydroxyl groups is 1. The number of aliphatic hydroxyl groups excluding tert-OH is 1. The van der Waals surface area contributed by atoms with E-state index in [-0.39, 0.29) is 12.2 Å². The van der Waals surface area contributed by atoms with E-state index in [1.807, 2.05) is 0 Å². The summed E-state index contributed by atoms with van der Waals surface area (Å²) in [5.41, 5.74) is 1.98. The fourth-order valence-electron chi connectivity index (χ4n) is 1.99. The quantitative estimate of drug-likeness (QED) is 0.891. The van der Waals surface area contributed by atoms with Crippen LogP contribution in [0.5, 0.6) is 0 Å². The molecule has 0 aromatic heterocycles. The zero-order valence-electron chi connectivity index (χ0n) is 10.3. The molecule has 2 aromatic carbocycles. The molecule has 0 amide bonds. The molecular weight excluding hydrogens is 314 g/mol. The van der Waals surface area contributed by atoms with E-state index in [4.69, 9.17) is 0 Å². The van der Waals surface area contributed by atoms with Crippen molar-refractivity contribution in [3.8, 4) is 0 Å². The number of benzene rings is 2. The number of aryl methyl sites for hydroxylation is 1. The topological polar surface area (TPSA) is 20.2 Å². The van der Waals surface area contributed by atoms with Crippen LogP contribution in [-0.2, 0) is 6.42 Å². The van der Waals surface area contributed by atoms with Crippen LogP contribution in [0.25, 0.3) is 0 Å². The fourth-order valence-corrected chi connectivity index (χ4v) is 2.42. The monoisotopic (exact) mass is 326 g/mol. The standard InChI is InChI=1S/C15H13BrF2O/c1-9-5-6-11(17)8-12(9)14(19)7-10-3-2-4-13(18)15(10)16/h2-6,8,14,19H,7H2,1H3. The van der Waals surface area contributed by atoms with Gasteiger partial charge in [-0.15, -0.1) is 0 Å². The minimum absolute atomic E-state index is 0.225. The summed E-state index contributed by atoms with van der Waals surface area (Å²) in [6, 6.07) is 8.93. The minimum Gasteiger partial charge on any atom is -0.388 e. The van der Waals surface area contributed by atoms with Gasteiger partial charge in [0.1, 0.15) is 11.6 Å². The SMILES string of the molecule is Cc1ccc(F)cc1C(O)Cc1cccc(F)c1Br. The molecule has 0 bridgehead atoms. The number of rotatable bonds is 3. The Morgan fingerprint density at radius 3 is 2.68 bits per heavy atom. The fraction of sp³-hybridized carbons (Fsp3) is 0.200. The third-order valence-corrected chi connectivity index (χ3v) is 3.93. The Bertz CT molecular complexity index is 599. The molecule has 0 spiro atoms. The maximum Gasteiger partial charge on any atom is 0.137 e. The van der Waals surface area contributed by atoms with E-state index in [2.05, 4.69) is 15.9 Å². The summed E-state index contributed by atoms with van der Waals surface area (Å²) in [4.78, 5) is 0. The van der Waals surface area contributed by atoms with Crippen LogP contribution in [0.15, 0.2) is 40.9 Å². The van der Waals surface area contributed by atoms with Crippen molar-refractivity contribution in [2.75, 3.05) is 0 Å². The molecule has 0 heterocycles. The maximum atomic E-state index is 13.4. The van der Waals surface area contributed by atoms with Gasteiger partial charge in [0.2, 0.25) is 0 Å². The van der Waals surface area contributed by atoms with Crippen molar-refractivity contribution in [2.45, 2.75) is 19.4 Å². The first-order chi connectivity index (χ1) is 8.99.